The van der Waals surface area contributed by atoms with Gasteiger partial charge in [-0.1, -0.05) is 60.7 Å². The first-order chi connectivity index (χ1) is 18.1. The summed E-state index contributed by atoms with van der Waals surface area (Å²) in [6, 6.07) is 26.2. The Hall–Kier alpha value is -3.64. The van der Waals surface area contributed by atoms with Gasteiger partial charge in [-0.25, -0.2) is 0 Å². The summed E-state index contributed by atoms with van der Waals surface area (Å²) in [4.78, 5) is 32.0. The van der Waals surface area contributed by atoms with Gasteiger partial charge in [-0.05, 0) is 67.6 Å². The van der Waals surface area contributed by atoms with Crippen LogP contribution in [0.25, 0.3) is 0 Å². The predicted octanol–water partition coefficient (Wildman–Crippen LogP) is 4.61. The highest BCUT2D eigenvalue weighted by atomic mass is 16.5. The number of likely N-dealkylation sites (tertiary alicyclic amines) is 1. The van der Waals surface area contributed by atoms with E-state index < -0.39 is 0 Å². The lowest BCUT2D eigenvalue weighted by Crippen LogP contribution is -2.45. The molecule has 3 aromatic carbocycles. The zero-order chi connectivity index (χ0) is 25.6. The molecule has 0 saturated carbocycles. The summed E-state index contributed by atoms with van der Waals surface area (Å²) in [6.45, 7) is 4.19. The number of likely N-dealkylation sites (N-methyl/N-ethyl adjacent to an activating group) is 1. The number of carbonyl (C=O) groups excluding carboxylic acids is 2. The number of piperidine rings is 1. The summed E-state index contributed by atoms with van der Waals surface area (Å²) >= 11 is 0. The van der Waals surface area contributed by atoms with Gasteiger partial charge in [0.2, 0.25) is 0 Å². The number of ether oxygens (including phenoxy) is 1. The smallest absolute Gasteiger partial charge is 0.265 e. The monoisotopic (exact) mass is 497 g/mol. The van der Waals surface area contributed by atoms with Crippen molar-refractivity contribution >= 4 is 17.5 Å². The van der Waals surface area contributed by atoms with Crippen molar-refractivity contribution in [2.75, 3.05) is 51.3 Å². The maximum absolute atomic E-state index is 13.4. The molecule has 0 unspecified atom stereocenters. The van der Waals surface area contributed by atoms with E-state index in [0.29, 0.717) is 19.0 Å². The van der Waals surface area contributed by atoms with E-state index in [9.17, 15) is 9.59 Å². The van der Waals surface area contributed by atoms with Crippen molar-refractivity contribution in [2.45, 2.75) is 25.2 Å². The maximum Gasteiger partial charge on any atom is 0.265 e. The first kappa shape index (κ1) is 25.0. The molecular weight excluding hydrogens is 462 g/mol. The van der Waals surface area contributed by atoms with Crippen LogP contribution in [0.1, 0.15) is 40.2 Å². The van der Waals surface area contributed by atoms with Gasteiger partial charge in [-0.15, -0.1) is 0 Å². The molecule has 6 heteroatoms. The Morgan fingerprint density at radius 1 is 0.919 bits per heavy atom. The van der Waals surface area contributed by atoms with Crippen LogP contribution in [-0.2, 0) is 11.2 Å². The minimum Gasteiger partial charge on any atom is -0.482 e. The lowest BCUT2D eigenvalue weighted by molar-refractivity contribution is -0.121. The van der Waals surface area contributed by atoms with Crippen molar-refractivity contribution in [3.8, 4) is 5.75 Å². The van der Waals surface area contributed by atoms with Gasteiger partial charge in [0.05, 0.1) is 5.69 Å². The topological polar surface area (TPSA) is 53.1 Å². The fourth-order valence-electron chi connectivity index (χ4n) is 5.40. The molecule has 2 aliphatic heterocycles. The first-order valence-electron chi connectivity index (χ1n) is 13.2. The third-order valence-corrected chi connectivity index (χ3v) is 7.59. The van der Waals surface area contributed by atoms with Gasteiger partial charge >= 0.3 is 0 Å². The lowest BCUT2D eigenvalue weighted by atomic mass is 9.86. The Kier molecular flexibility index (Phi) is 7.85. The Balaban J connectivity index is 1.17. The molecule has 0 radical (unpaired) electrons. The quantitative estimate of drug-likeness (QED) is 0.456. The molecule has 37 heavy (non-hydrogen) atoms. The third-order valence-electron chi connectivity index (χ3n) is 7.59. The van der Waals surface area contributed by atoms with Crippen LogP contribution in [0.4, 0.5) is 5.69 Å². The number of rotatable bonds is 8. The highest BCUT2D eigenvalue weighted by molar-refractivity contribution is 5.98. The van der Waals surface area contributed by atoms with Gasteiger partial charge in [-0.2, -0.15) is 0 Å². The van der Waals surface area contributed by atoms with Gasteiger partial charge in [0.15, 0.2) is 6.61 Å². The number of fused-ring (bicyclic) bond motifs is 1. The molecule has 0 atom stereocenters. The molecule has 3 aromatic rings. The van der Waals surface area contributed by atoms with Crippen molar-refractivity contribution < 1.29 is 14.3 Å². The Bertz CT molecular complexity index is 1220. The Morgan fingerprint density at radius 2 is 1.62 bits per heavy atom. The van der Waals surface area contributed by atoms with E-state index in [1.165, 1.54) is 5.56 Å². The number of hydrogen-bond acceptors (Lipinski definition) is 4. The SMILES string of the molecule is CN(CCc1ccccc1)C(=O)c1ccccc1C1CCN(CCN2C(=O)COc3ccccc32)CC1. The second-order valence-corrected chi connectivity index (χ2v) is 9.97. The average molecular weight is 498 g/mol. The number of nitrogens with zero attached hydrogens (tertiary/aromatic N) is 3. The maximum atomic E-state index is 13.4. The van der Waals surface area contributed by atoms with Gasteiger partial charge in [0.1, 0.15) is 5.75 Å². The van der Waals surface area contributed by atoms with Crippen LogP contribution in [0.2, 0.25) is 0 Å². The van der Waals surface area contributed by atoms with Crippen LogP contribution in [0.3, 0.4) is 0 Å². The molecule has 0 spiro atoms. The van der Waals surface area contributed by atoms with E-state index >= 15 is 0 Å². The molecular formula is C31H35N3O3. The minimum absolute atomic E-state index is 0.0115. The van der Waals surface area contributed by atoms with Crippen molar-refractivity contribution in [3.63, 3.8) is 0 Å². The Labute approximate surface area is 219 Å². The van der Waals surface area contributed by atoms with Crippen LogP contribution in [0.15, 0.2) is 78.9 Å². The lowest BCUT2D eigenvalue weighted by Gasteiger charge is -2.35. The molecule has 0 aromatic heterocycles. The molecule has 6 nitrogen and oxygen atoms in total. The molecule has 192 valence electrons. The molecule has 1 fully saturated rings. The highest BCUT2D eigenvalue weighted by Gasteiger charge is 2.28. The van der Waals surface area contributed by atoms with Gasteiger partial charge in [-0.3, -0.25) is 9.59 Å². The average Bonchev–Trinajstić information content (AvgIpc) is 2.96. The number of benzene rings is 3. The molecule has 2 amide bonds. The summed E-state index contributed by atoms with van der Waals surface area (Å²) in [6.07, 6.45) is 2.86. The van der Waals surface area contributed by atoms with Crippen LogP contribution in [-0.4, -0.2) is 68.0 Å². The molecule has 1 saturated heterocycles. The van der Waals surface area contributed by atoms with Crippen LogP contribution < -0.4 is 9.64 Å². The number of anilines is 1. The van der Waals surface area contributed by atoms with E-state index in [1.54, 1.807) is 0 Å². The number of amides is 2. The van der Waals surface area contributed by atoms with Crippen molar-refractivity contribution in [2.24, 2.45) is 0 Å². The van der Waals surface area contributed by atoms with Crippen LogP contribution in [0, 0.1) is 0 Å². The van der Waals surface area contributed by atoms with Gasteiger partial charge in [0, 0.05) is 32.2 Å². The van der Waals surface area contributed by atoms with Gasteiger partial charge < -0.3 is 19.4 Å². The van der Waals surface area contributed by atoms with Crippen molar-refractivity contribution in [1.29, 1.82) is 0 Å². The number of para-hydroxylation sites is 2. The van der Waals surface area contributed by atoms with E-state index in [0.717, 1.165) is 61.5 Å². The summed E-state index contributed by atoms with van der Waals surface area (Å²) < 4.78 is 5.57. The van der Waals surface area contributed by atoms with Crippen molar-refractivity contribution in [3.05, 3.63) is 95.6 Å². The zero-order valence-electron chi connectivity index (χ0n) is 21.5. The highest BCUT2D eigenvalue weighted by Crippen LogP contribution is 2.33. The third kappa shape index (κ3) is 5.86. The summed E-state index contributed by atoms with van der Waals surface area (Å²) in [7, 11) is 1.90. The molecule has 2 aliphatic rings. The normalized spacial score (nSPS) is 16.2. The fraction of sp³-hybridized carbons (Fsp3) is 0.355. The summed E-state index contributed by atoms with van der Waals surface area (Å²) in [5.41, 5.74) is 4.09. The van der Waals surface area contributed by atoms with Crippen molar-refractivity contribution in [1.82, 2.24) is 9.80 Å². The largest absolute Gasteiger partial charge is 0.482 e. The van der Waals surface area contributed by atoms with E-state index in [2.05, 4.69) is 23.1 Å². The predicted molar refractivity (Wildman–Crippen MR) is 146 cm³/mol. The molecule has 0 aliphatic carbocycles. The van der Waals surface area contributed by atoms with Crippen LogP contribution >= 0.6 is 0 Å². The van der Waals surface area contributed by atoms with E-state index in [1.807, 2.05) is 77.5 Å². The standard InChI is InChI=1S/C31H35N3O3/c1-32(18-15-24-9-3-2-4-10-24)31(36)27-12-6-5-11-26(27)25-16-19-33(20-17-25)21-22-34-28-13-7-8-14-29(28)37-23-30(34)35/h2-14,25H,15-23H2,1H3. The second kappa shape index (κ2) is 11.6. The molecule has 0 bridgehead atoms. The molecule has 0 N–H and O–H groups in total. The molecule has 2 heterocycles. The van der Waals surface area contributed by atoms with Crippen LogP contribution in [0.5, 0.6) is 5.75 Å². The number of carbonyl (C=O) groups is 2. The minimum atomic E-state index is 0.0115. The fourth-order valence-corrected chi connectivity index (χ4v) is 5.40. The Morgan fingerprint density at radius 3 is 2.43 bits per heavy atom. The van der Waals surface area contributed by atoms with E-state index in [-0.39, 0.29) is 18.4 Å². The summed E-state index contributed by atoms with van der Waals surface area (Å²) in [5.74, 6) is 1.25. The van der Waals surface area contributed by atoms with Gasteiger partial charge in [0.25, 0.3) is 11.8 Å². The van der Waals surface area contributed by atoms with E-state index in [4.69, 9.17) is 4.74 Å². The summed E-state index contributed by atoms with van der Waals surface area (Å²) in [5, 5.41) is 0. The molecule has 5 rings (SSSR count). The second-order valence-electron chi connectivity index (χ2n) is 9.97. The zero-order valence-corrected chi connectivity index (χ0v) is 21.5. The number of hydrogen-bond donors (Lipinski definition) is 0. The first-order valence-corrected chi connectivity index (χ1v) is 13.2.